The Balaban J connectivity index is 2.12. The van der Waals surface area contributed by atoms with Crippen LogP contribution in [0.2, 0.25) is 0 Å². The van der Waals surface area contributed by atoms with Gasteiger partial charge in [-0.2, -0.15) is 5.10 Å². The fraction of sp³-hybridized carbons (Fsp3) is 0.467. The number of rotatable bonds is 3. The summed E-state index contributed by atoms with van der Waals surface area (Å²) >= 11 is 0. The van der Waals surface area contributed by atoms with Crippen LogP contribution in [-0.2, 0) is 4.79 Å². The van der Waals surface area contributed by atoms with Crippen molar-refractivity contribution < 1.29 is 14.5 Å². The number of hydrazone groups is 1. The summed E-state index contributed by atoms with van der Waals surface area (Å²) in [5, 5.41) is 16.8. The van der Waals surface area contributed by atoms with Crippen molar-refractivity contribution in [3.8, 4) is 5.75 Å². The Morgan fingerprint density at radius 1 is 1.45 bits per heavy atom. The number of benzene rings is 1. The third-order valence-corrected chi connectivity index (χ3v) is 4.20. The largest absolute Gasteiger partial charge is 0.470 e. The number of para-hydroxylation sites is 1. The molecule has 7 heteroatoms. The zero-order valence-corrected chi connectivity index (χ0v) is 12.6. The highest BCUT2D eigenvalue weighted by Gasteiger charge is 2.63. The molecule has 1 spiro atoms. The van der Waals surface area contributed by atoms with Gasteiger partial charge >= 0.3 is 0 Å². The maximum Gasteiger partial charge on any atom is 0.294 e. The van der Waals surface area contributed by atoms with Gasteiger partial charge in [-0.1, -0.05) is 18.2 Å². The lowest BCUT2D eigenvalue weighted by molar-refractivity contribution is -0.484. The van der Waals surface area contributed by atoms with Crippen LogP contribution in [0.4, 0.5) is 0 Å². The molecule has 7 nitrogen and oxygen atoms in total. The van der Waals surface area contributed by atoms with Crippen LogP contribution in [0.3, 0.4) is 0 Å². The molecule has 2 aliphatic heterocycles. The van der Waals surface area contributed by atoms with Crippen molar-refractivity contribution in [3.05, 3.63) is 39.9 Å². The summed E-state index contributed by atoms with van der Waals surface area (Å²) in [6, 6.07) is 6.95. The average molecular weight is 303 g/mol. The summed E-state index contributed by atoms with van der Waals surface area (Å²) in [6.07, 6.45) is 0. The molecule has 1 aromatic carbocycles. The Morgan fingerprint density at radius 2 is 2.14 bits per heavy atom. The molecule has 0 fully saturated rings. The number of amides is 1. The maximum atomic E-state index is 12.9. The van der Waals surface area contributed by atoms with Gasteiger partial charge in [-0.05, 0) is 26.8 Å². The number of nitrogens with zero attached hydrogens (tertiary/aromatic N) is 3. The molecule has 116 valence electrons. The molecule has 0 aliphatic carbocycles. The predicted molar refractivity (Wildman–Crippen MR) is 79.5 cm³/mol. The van der Waals surface area contributed by atoms with E-state index in [1.54, 1.807) is 31.2 Å². The molecule has 0 N–H and O–H groups in total. The third kappa shape index (κ3) is 1.81. The number of ether oxygens (including phenoxy) is 1. The number of nitro groups is 1. The number of hydrogen-bond acceptors (Lipinski definition) is 5. The highest BCUT2D eigenvalue weighted by atomic mass is 16.6. The average Bonchev–Trinajstić information content (AvgIpc) is 2.90. The SMILES string of the molecule is CC1=NN(C(C)C)C(=O)[C@]12Oc1ccccc1[C@H]2C[N+](=O)[O-]. The first kappa shape index (κ1) is 14.5. The monoisotopic (exact) mass is 303 g/mol. The molecule has 1 aromatic rings. The molecule has 3 rings (SSSR count). The van der Waals surface area contributed by atoms with Crippen LogP contribution in [0.1, 0.15) is 32.3 Å². The summed E-state index contributed by atoms with van der Waals surface area (Å²) in [7, 11) is 0. The minimum absolute atomic E-state index is 0.134. The Kier molecular flexibility index (Phi) is 3.16. The first-order valence-electron chi connectivity index (χ1n) is 7.17. The van der Waals surface area contributed by atoms with E-state index in [1.807, 2.05) is 13.8 Å². The van der Waals surface area contributed by atoms with E-state index in [2.05, 4.69) is 5.10 Å². The number of carbonyl (C=O) groups excluding carboxylic acids is 1. The van der Waals surface area contributed by atoms with Gasteiger partial charge < -0.3 is 4.74 Å². The molecular weight excluding hydrogens is 286 g/mol. The van der Waals surface area contributed by atoms with E-state index in [9.17, 15) is 14.9 Å². The Hall–Kier alpha value is -2.44. The van der Waals surface area contributed by atoms with Crippen molar-refractivity contribution in [2.45, 2.75) is 38.3 Å². The topological polar surface area (TPSA) is 85.0 Å². The van der Waals surface area contributed by atoms with Crippen molar-refractivity contribution in [2.75, 3.05) is 6.54 Å². The van der Waals surface area contributed by atoms with Crippen LogP contribution in [0.5, 0.6) is 5.75 Å². The molecule has 0 aromatic heterocycles. The molecule has 2 heterocycles. The lowest BCUT2D eigenvalue weighted by Gasteiger charge is -2.28. The normalized spacial score (nSPS) is 26.4. The maximum absolute atomic E-state index is 12.9. The van der Waals surface area contributed by atoms with E-state index in [-0.39, 0.29) is 18.5 Å². The smallest absolute Gasteiger partial charge is 0.294 e. The van der Waals surface area contributed by atoms with Crippen molar-refractivity contribution in [1.82, 2.24) is 5.01 Å². The van der Waals surface area contributed by atoms with Gasteiger partial charge in [-0.3, -0.25) is 14.9 Å². The minimum atomic E-state index is -1.39. The molecule has 0 saturated carbocycles. The van der Waals surface area contributed by atoms with Gasteiger partial charge in [-0.25, -0.2) is 5.01 Å². The van der Waals surface area contributed by atoms with Crippen LogP contribution in [0.15, 0.2) is 29.4 Å². The van der Waals surface area contributed by atoms with E-state index in [1.165, 1.54) is 5.01 Å². The molecule has 2 aliphatic rings. The molecule has 2 atom stereocenters. The molecule has 22 heavy (non-hydrogen) atoms. The fourth-order valence-electron chi connectivity index (χ4n) is 3.18. The zero-order chi connectivity index (χ0) is 16.1. The van der Waals surface area contributed by atoms with Gasteiger partial charge in [0.15, 0.2) is 0 Å². The molecule has 0 saturated heterocycles. The van der Waals surface area contributed by atoms with Crippen LogP contribution >= 0.6 is 0 Å². The van der Waals surface area contributed by atoms with Gasteiger partial charge in [-0.15, -0.1) is 0 Å². The molecular formula is C15H17N3O4. The predicted octanol–water partition coefficient (Wildman–Crippen LogP) is 1.80. The van der Waals surface area contributed by atoms with Crippen molar-refractivity contribution in [3.63, 3.8) is 0 Å². The summed E-state index contributed by atoms with van der Waals surface area (Å²) < 4.78 is 5.95. The van der Waals surface area contributed by atoms with Crippen LogP contribution in [0.25, 0.3) is 0 Å². The second-order valence-electron chi connectivity index (χ2n) is 5.87. The second kappa shape index (κ2) is 4.79. The summed E-state index contributed by atoms with van der Waals surface area (Å²) in [5.74, 6) is -0.482. The van der Waals surface area contributed by atoms with Crippen molar-refractivity contribution in [1.29, 1.82) is 0 Å². The molecule has 0 unspecified atom stereocenters. The van der Waals surface area contributed by atoms with Crippen molar-refractivity contribution >= 4 is 11.6 Å². The minimum Gasteiger partial charge on any atom is -0.470 e. The van der Waals surface area contributed by atoms with Gasteiger partial charge in [0.05, 0.1) is 11.8 Å². The van der Waals surface area contributed by atoms with Gasteiger partial charge in [0, 0.05) is 10.5 Å². The summed E-state index contributed by atoms with van der Waals surface area (Å²) in [4.78, 5) is 23.6. The quantitative estimate of drug-likeness (QED) is 0.629. The van der Waals surface area contributed by atoms with Crippen LogP contribution < -0.4 is 4.74 Å². The fourth-order valence-corrected chi connectivity index (χ4v) is 3.18. The first-order valence-corrected chi connectivity index (χ1v) is 7.17. The van der Waals surface area contributed by atoms with E-state index in [4.69, 9.17) is 4.74 Å². The zero-order valence-electron chi connectivity index (χ0n) is 12.6. The highest BCUT2D eigenvalue weighted by Crippen LogP contribution is 2.48. The molecule has 1 amide bonds. The Labute approximate surface area is 127 Å². The molecule has 0 radical (unpaired) electrons. The Bertz CT molecular complexity index is 685. The van der Waals surface area contributed by atoms with Gasteiger partial charge in [0.2, 0.25) is 12.1 Å². The summed E-state index contributed by atoms with van der Waals surface area (Å²) in [6.45, 7) is 5.01. The lowest BCUT2D eigenvalue weighted by Crippen LogP contribution is -2.54. The van der Waals surface area contributed by atoms with Crippen LogP contribution in [-0.4, -0.2) is 39.7 Å². The van der Waals surface area contributed by atoms with E-state index in [0.29, 0.717) is 17.0 Å². The number of hydrogen-bond donors (Lipinski definition) is 0. The van der Waals surface area contributed by atoms with E-state index < -0.39 is 16.4 Å². The van der Waals surface area contributed by atoms with E-state index in [0.717, 1.165) is 0 Å². The number of fused-ring (bicyclic) bond motifs is 1. The van der Waals surface area contributed by atoms with Crippen LogP contribution in [0, 0.1) is 10.1 Å². The first-order chi connectivity index (χ1) is 10.4. The van der Waals surface area contributed by atoms with Gasteiger partial charge in [0.1, 0.15) is 11.7 Å². The van der Waals surface area contributed by atoms with E-state index >= 15 is 0 Å². The Morgan fingerprint density at radius 3 is 2.73 bits per heavy atom. The van der Waals surface area contributed by atoms with Gasteiger partial charge in [0.25, 0.3) is 5.91 Å². The second-order valence-corrected chi connectivity index (χ2v) is 5.87. The van der Waals surface area contributed by atoms with Crippen molar-refractivity contribution in [2.24, 2.45) is 5.10 Å². The third-order valence-electron chi connectivity index (χ3n) is 4.20. The molecule has 0 bridgehead atoms. The highest BCUT2D eigenvalue weighted by molar-refractivity contribution is 6.16. The number of carbonyl (C=O) groups is 1. The standard InChI is InChI=1S/C15H17N3O4/c1-9(2)18-14(19)15(10(3)16-18)12(8-17(20)21)11-6-4-5-7-13(11)22-15/h4-7,9,12H,8H2,1-3H3/t12-,15+/m1/s1. The lowest BCUT2D eigenvalue weighted by atomic mass is 9.80. The summed E-state index contributed by atoms with van der Waals surface area (Å²) in [5.41, 5.74) is -0.233.